The number of hydrogen-bond acceptors (Lipinski definition) is 3. The molecule has 9 heteroatoms. The van der Waals surface area contributed by atoms with Gasteiger partial charge in [-0.3, -0.25) is 9.52 Å². The summed E-state index contributed by atoms with van der Waals surface area (Å²) in [5.74, 6) is -0.494. The summed E-state index contributed by atoms with van der Waals surface area (Å²) in [5.41, 5.74) is 0.770. The molecule has 3 rings (SSSR count). The molecule has 1 amide bonds. The van der Waals surface area contributed by atoms with Gasteiger partial charge >= 0.3 is 0 Å². The molecule has 0 unspecified atom stereocenters. The Morgan fingerprint density at radius 3 is 2.18 bits per heavy atom. The third-order valence-corrected chi connectivity index (χ3v) is 5.96. The van der Waals surface area contributed by atoms with Gasteiger partial charge < -0.3 is 5.32 Å². The number of hydrogen-bond donors (Lipinski definition) is 2. The molecule has 0 fully saturated rings. The van der Waals surface area contributed by atoms with E-state index in [0.717, 1.165) is 0 Å². The molecular weight excluding hydrogens is 443 g/mol. The van der Waals surface area contributed by atoms with Crippen LogP contribution in [0.1, 0.15) is 10.4 Å². The fourth-order valence-electron chi connectivity index (χ4n) is 2.36. The van der Waals surface area contributed by atoms with E-state index in [1.165, 1.54) is 36.4 Å². The maximum Gasteiger partial charge on any atom is 0.261 e. The van der Waals surface area contributed by atoms with Crippen molar-refractivity contribution in [3.05, 3.63) is 87.4 Å². The van der Waals surface area contributed by atoms with Crippen LogP contribution in [-0.4, -0.2) is 14.3 Å². The minimum atomic E-state index is -3.76. The van der Waals surface area contributed by atoms with E-state index in [1.54, 1.807) is 30.3 Å². The lowest BCUT2D eigenvalue weighted by Gasteiger charge is -2.11. The van der Waals surface area contributed by atoms with Crippen molar-refractivity contribution >= 4 is 62.1 Å². The SMILES string of the molecule is O=C(Nc1ccc(Cl)cc1Cl)c1ccc(NS(=O)(=O)c2ccccc2)cc1Cl. The summed E-state index contributed by atoms with van der Waals surface area (Å²) in [5, 5.41) is 3.44. The highest BCUT2D eigenvalue weighted by molar-refractivity contribution is 7.92. The largest absolute Gasteiger partial charge is 0.321 e. The van der Waals surface area contributed by atoms with Crippen LogP contribution < -0.4 is 10.0 Å². The Bertz CT molecular complexity index is 1140. The first-order chi connectivity index (χ1) is 13.3. The number of benzene rings is 3. The lowest BCUT2D eigenvalue weighted by Crippen LogP contribution is -2.15. The average molecular weight is 456 g/mol. The van der Waals surface area contributed by atoms with E-state index >= 15 is 0 Å². The second-order valence-electron chi connectivity index (χ2n) is 5.69. The van der Waals surface area contributed by atoms with Crippen LogP contribution in [0.25, 0.3) is 0 Å². The molecule has 3 aromatic carbocycles. The molecule has 0 aliphatic heterocycles. The van der Waals surface area contributed by atoms with E-state index in [2.05, 4.69) is 10.0 Å². The number of nitrogens with one attached hydrogen (secondary N) is 2. The smallest absolute Gasteiger partial charge is 0.261 e. The van der Waals surface area contributed by atoms with Crippen LogP contribution in [-0.2, 0) is 10.0 Å². The zero-order valence-corrected chi connectivity index (χ0v) is 17.2. The molecule has 0 radical (unpaired) electrons. The summed E-state index contributed by atoms with van der Waals surface area (Å²) in [6.45, 7) is 0. The highest BCUT2D eigenvalue weighted by Crippen LogP contribution is 2.28. The maximum atomic E-state index is 12.5. The summed E-state index contributed by atoms with van der Waals surface area (Å²) in [6.07, 6.45) is 0. The van der Waals surface area contributed by atoms with E-state index in [9.17, 15) is 13.2 Å². The summed E-state index contributed by atoms with van der Waals surface area (Å²) >= 11 is 18.1. The predicted molar refractivity (Wildman–Crippen MR) is 113 cm³/mol. The fourth-order valence-corrected chi connectivity index (χ4v) is 4.15. The van der Waals surface area contributed by atoms with Crippen molar-refractivity contribution in [1.82, 2.24) is 0 Å². The van der Waals surface area contributed by atoms with Crippen molar-refractivity contribution in [1.29, 1.82) is 0 Å². The highest BCUT2D eigenvalue weighted by atomic mass is 35.5. The molecule has 3 aromatic rings. The van der Waals surface area contributed by atoms with E-state index in [0.29, 0.717) is 10.7 Å². The third kappa shape index (κ3) is 4.77. The molecule has 28 heavy (non-hydrogen) atoms. The Morgan fingerprint density at radius 1 is 0.821 bits per heavy atom. The van der Waals surface area contributed by atoms with Gasteiger partial charge in [0, 0.05) is 5.02 Å². The number of carbonyl (C=O) groups excluding carboxylic acids is 1. The molecular formula is C19H13Cl3N2O3S. The normalized spacial score (nSPS) is 11.1. The lowest BCUT2D eigenvalue weighted by atomic mass is 10.2. The van der Waals surface area contributed by atoms with Crippen molar-refractivity contribution < 1.29 is 13.2 Å². The van der Waals surface area contributed by atoms with Crippen LogP contribution >= 0.6 is 34.8 Å². The van der Waals surface area contributed by atoms with Gasteiger partial charge in [0.1, 0.15) is 0 Å². The van der Waals surface area contributed by atoms with Crippen LogP contribution in [0.3, 0.4) is 0 Å². The minimum absolute atomic E-state index is 0.0795. The summed E-state index contributed by atoms with van der Waals surface area (Å²) < 4.78 is 27.2. The highest BCUT2D eigenvalue weighted by Gasteiger charge is 2.17. The molecule has 144 valence electrons. The minimum Gasteiger partial charge on any atom is -0.321 e. The number of sulfonamides is 1. The van der Waals surface area contributed by atoms with Gasteiger partial charge in [-0.15, -0.1) is 0 Å². The quantitative estimate of drug-likeness (QED) is 0.518. The Labute approximate surface area is 177 Å². The molecule has 0 aliphatic carbocycles. The van der Waals surface area contributed by atoms with Gasteiger partial charge in [0.15, 0.2) is 0 Å². The molecule has 5 nitrogen and oxygen atoms in total. The first-order valence-corrected chi connectivity index (χ1v) is 10.5. The molecule has 0 aliphatic rings. The Morgan fingerprint density at radius 2 is 1.54 bits per heavy atom. The van der Waals surface area contributed by atoms with Gasteiger partial charge in [-0.1, -0.05) is 53.0 Å². The molecule has 0 aromatic heterocycles. The van der Waals surface area contributed by atoms with Crippen molar-refractivity contribution in [2.45, 2.75) is 4.90 Å². The average Bonchev–Trinajstić information content (AvgIpc) is 2.64. The lowest BCUT2D eigenvalue weighted by molar-refractivity contribution is 0.102. The third-order valence-electron chi connectivity index (χ3n) is 3.70. The monoisotopic (exact) mass is 454 g/mol. The van der Waals surface area contributed by atoms with Crippen LogP contribution in [0.4, 0.5) is 11.4 Å². The Hall–Kier alpha value is -2.25. The zero-order chi connectivity index (χ0) is 20.3. The van der Waals surface area contributed by atoms with E-state index in [-0.39, 0.29) is 26.2 Å². The zero-order valence-electron chi connectivity index (χ0n) is 14.1. The Kier molecular flexibility index (Phi) is 6.15. The molecule has 0 saturated heterocycles. The molecule has 0 heterocycles. The van der Waals surface area contributed by atoms with E-state index < -0.39 is 15.9 Å². The van der Waals surface area contributed by atoms with Gasteiger partial charge in [-0.25, -0.2) is 8.42 Å². The van der Waals surface area contributed by atoms with Crippen molar-refractivity contribution in [3.63, 3.8) is 0 Å². The van der Waals surface area contributed by atoms with Gasteiger partial charge in [-0.05, 0) is 48.5 Å². The first kappa shape index (κ1) is 20.5. The molecule has 2 N–H and O–H groups in total. The van der Waals surface area contributed by atoms with Crippen LogP contribution in [0.2, 0.25) is 15.1 Å². The molecule has 0 bridgehead atoms. The topological polar surface area (TPSA) is 75.3 Å². The standard InChI is InChI=1S/C19H13Cl3N2O3S/c20-12-6-9-18(17(22)10-12)23-19(25)15-8-7-13(11-16(15)21)24-28(26,27)14-4-2-1-3-5-14/h1-11,24H,(H,23,25). The predicted octanol–water partition coefficient (Wildman–Crippen LogP) is 5.70. The summed E-state index contributed by atoms with van der Waals surface area (Å²) in [7, 11) is -3.76. The number of amides is 1. The summed E-state index contributed by atoms with van der Waals surface area (Å²) in [4.78, 5) is 12.6. The van der Waals surface area contributed by atoms with Gasteiger partial charge in [0.25, 0.3) is 15.9 Å². The van der Waals surface area contributed by atoms with Gasteiger partial charge in [-0.2, -0.15) is 0 Å². The van der Waals surface area contributed by atoms with Crippen molar-refractivity contribution in [2.24, 2.45) is 0 Å². The van der Waals surface area contributed by atoms with Crippen LogP contribution in [0, 0.1) is 0 Å². The first-order valence-electron chi connectivity index (χ1n) is 7.90. The summed E-state index contributed by atoms with van der Waals surface area (Å²) in [6, 6.07) is 16.8. The number of anilines is 2. The number of halogens is 3. The molecule has 0 saturated carbocycles. The number of rotatable bonds is 5. The maximum absolute atomic E-state index is 12.5. The van der Waals surface area contributed by atoms with Gasteiger partial charge in [0.05, 0.1) is 31.9 Å². The van der Waals surface area contributed by atoms with Crippen LogP contribution in [0.5, 0.6) is 0 Å². The fraction of sp³-hybridized carbons (Fsp3) is 0. The Balaban J connectivity index is 1.79. The van der Waals surface area contributed by atoms with Crippen LogP contribution in [0.15, 0.2) is 71.6 Å². The van der Waals surface area contributed by atoms with Gasteiger partial charge in [0.2, 0.25) is 0 Å². The number of carbonyl (C=O) groups is 1. The molecule has 0 atom stereocenters. The molecule has 0 spiro atoms. The van der Waals surface area contributed by atoms with Crippen molar-refractivity contribution in [2.75, 3.05) is 10.0 Å². The van der Waals surface area contributed by atoms with E-state index in [4.69, 9.17) is 34.8 Å². The second kappa shape index (κ2) is 8.41. The van der Waals surface area contributed by atoms with E-state index in [1.807, 2.05) is 0 Å². The van der Waals surface area contributed by atoms with Crippen molar-refractivity contribution in [3.8, 4) is 0 Å². The second-order valence-corrected chi connectivity index (χ2v) is 8.62.